The predicted octanol–water partition coefficient (Wildman–Crippen LogP) is 8.18. The van der Waals surface area contributed by atoms with Gasteiger partial charge in [-0.3, -0.25) is 0 Å². The van der Waals surface area contributed by atoms with Crippen molar-refractivity contribution in [3.8, 4) is 21.7 Å². The summed E-state index contributed by atoms with van der Waals surface area (Å²) in [7, 11) is 0. The largest absolute Gasteiger partial charge is 0.456 e. The number of fused-ring (bicyclic) bond motifs is 4. The summed E-state index contributed by atoms with van der Waals surface area (Å²) >= 11 is 8.09. The molecule has 0 unspecified atom stereocenters. The van der Waals surface area contributed by atoms with Crippen LogP contribution < -0.4 is 0 Å². The van der Waals surface area contributed by atoms with E-state index in [9.17, 15) is 0 Å². The Kier molecular flexibility index (Phi) is 3.73. The molecule has 0 amide bonds. The van der Waals surface area contributed by atoms with Crippen LogP contribution in [0.5, 0.6) is 0 Å². The van der Waals surface area contributed by atoms with E-state index >= 15 is 0 Å². The fourth-order valence-corrected chi connectivity index (χ4v) is 5.01. The number of furan rings is 1. The maximum Gasteiger partial charge on any atom is 0.137 e. The number of nitrogens with zero attached hydrogens (tertiary/aromatic N) is 1. The van der Waals surface area contributed by atoms with Crippen molar-refractivity contribution < 1.29 is 4.42 Å². The number of thiazole rings is 1. The van der Waals surface area contributed by atoms with Crippen molar-refractivity contribution in [3.63, 3.8) is 0 Å². The average molecular weight is 412 g/mol. The van der Waals surface area contributed by atoms with Crippen LogP contribution in [0.3, 0.4) is 0 Å². The molecule has 0 aliphatic carbocycles. The van der Waals surface area contributed by atoms with E-state index < -0.39 is 0 Å². The molecule has 4 aromatic carbocycles. The molecule has 6 rings (SSSR count). The van der Waals surface area contributed by atoms with Crippen LogP contribution in [0.4, 0.5) is 0 Å². The fourth-order valence-electron chi connectivity index (χ4n) is 3.76. The number of halogens is 1. The monoisotopic (exact) mass is 411 g/mol. The Morgan fingerprint density at radius 1 is 0.724 bits per heavy atom. The molecule has 2 nitrogen and oxygen atoms in total. The summed E-state index contributed by atoms with van der Waals surface area (Å²) < 4.78 is 7.12. The van der Waals surface area contributed by atoms with Crippen molar-refractivity contribution in [2.75, 3.05) is 0 Å². The van der Waals surface area contributed by atoms with Crippen LogP contribution in [0.2, 0.25) is 5.02 Å². The van der Waals surface area contributed by atoms with E-state index in [0.29, 0.717) is 5.02 Å². The van der Waals surface area contributed by atoms with E-state index in [-0.39, 0.29) is 0 Å². The first-order valence-electron chi connectivity index (χ1n) is 9.33. The summed E-state index contributed by atoms with van der Waals surface area (Å²) in [6.45, 7) is 0. The number of benzene rings is 4. The molecule has 0 N–H and O–H groups in total. The van der Waals surface area contributed by atoms with Gasteiger partial charge in [-0.05, 0) is 29.3 Å². The summed E-state index contributed by atoms with van der Waals surface area (Å²) in [4.78, 5) is 4.89. The van der Waals surface area contributed by atoms with Crippen LogP contribution >= 0.6 is 22.9 Å². The van der Waals surface area contributed by atoms with Crippen LogP contribution in [0.1, 0.15) is 0 Å². The minimum atomic E-state index is 0.701. The Hall–Kier alpha value is -3.14. The van der Waals surface area contributed by atoms with Crippen molar-refractivity contribution in [2.24, 2.45) is 0 Å². The molecule has 0 aliphatic rings. The first-order valence-corrected chi connectivity index (χ1v) is 10.5. The molecule has 2 aromatic heterocycles. The van der Waals surface area contributed by atoms with Crippen LogP contribution in [-0.2, 0) is 0 Å². The first kappa shape index (κ1) is 16.8. The third-order valence-corrected chi connectivity index (χ3v) is 6.58. The van der Waals surface area contributed by atoms with Crippen molar-refractivity contribution in [2.45, 2.75) is 0 Å². The zero-order chi connectivity index (χ0) is 19.4. The lowest BCUT2D eigenvalue weighted by atomic mass is 10.0. The van der Waals surface area contributed by atoms with Gasteiger partial charge in [0.2, 0.25) is 0 Å². The van der Waals surface area contributed by atoms with Gasteiger partial charge in [0.1, 0.15) is 16.2 Å². The van der Waals surface area contributed by atoms with E-state index in [1.54, 1.807) is 11.3 Å². The quantitative estimate of drug-likeness (QED) is 0.287. The lowest BCUT2D eigenvalue weighted by Crippen LogP contribution is -1.79. The van der Waals surface area contributed by atoms with E-state index in [0.717, 1.165) is 42.7 Å². The van der Waals surface area contributed by atoms with Crippen molar-refractivity contribution >= 4 is 55.1 Å². The molecule has 0 atom stereocenters. The van der Waals surface area contributed by atoms with E-state index in [2.05, 4.69) is 60.7 Å². The van der Waals surface area contributed by atoms with Gasteiger partial charge in [-0.2, -0.15) is 0 Å². The molecule has 0 fully saturated rings. The molecule has 6 aromatic rings. The number of aromatic nitrogens is 1. The highest BCUT2D eigenvalue weighted by Crippen LogP contribution is 2.39. The van der Waals surface area contributed by atoms with Crippen molar-refractivity contribution in [3.05, 3.63) is 90.0 Å². The smallest absolute Gasteiger partial charge is 0.137 e. The summed E-state index contributed by atoms with van der Waals surface area (Å²) in [5.74, 6) is 0. The zero-order valence-corrected chi connectivity index (χ0v) is 16.8. The zero-order valence-electron chi connectivity index (χ0n) is 15.2. The Bertz CT molecular complexity index is 1500. The lowest BCUT2D eigenvalue weighted by molar-refractivity contribution is 0.669. The molecular weight excluding hydrogens is 398 g/mol. The van der Waals surface area contributed by atoms with Gasteiger partial charge < -0.3 is 4.42 Å². The van der Waals surface area contributed by atoms with Crippen LogP contribution in [0.25, 0.3) is 53.9 Å². The standard InChI is InChI=1S/C25H14ClNOS/c26-19-7-4-8-21-24(19)18-13-20-23(14-22(18)28-21)29-25(27-20)17-11-9-16(10-12-17)15-5-2-1-3-6-15/h1-14H. The highest BCUT2D eigenvalue weighted by molar-refractivity contribution is 7.21. The second-order valence-corrected chi connectivity index (χ2v) is 8.43. The third kappa shape index (κ3) is 2.74. The Morgan fingerprint density at radius 3 is 2.31 bits per heavy atom. The van der Waals surface area contributed by atoms with Crippen LogP contribution in [0, 0.1) is 0 Å². The molecule has 2 heterocycles. The summed E-state index contributed by atoms with van der Waals surface area (Å²) in [5, 5.41) is 3.66. The SMILES string of the molecule is Clc1cccc2oc3cc4sc(-c5ccc(-c6ccccc6)cc5)nc4cc3c12. The third-order valence-electron chi connectivity index (χ3n) is 5.19. The van der Waals surface area contributed by atoms with Crippen molar-refractivity contribution in [1.82, 2.24) is 4.98 Å². The minimum absolute atomic E-state index is 0.701. The van der Waals surface area contributed by atoms with E-state index in [1.165, 1.54) is 11.1 Å². The summed E-state index contributed by atoms with van der Waals surface area (Å²) in [5.41, 5.74) is 6.15. The predicted molar refractivity (Wildman–Crippen MR) is 123 cm³/mol. The molecule has 29 heavy (non-hydrogen) atoms. The fraction of sp³-hybridized carbons (Fsp3) is 0. The molecule has 0 saturated carbocycles. The molecule has 4 heteroatoms. The molecule has 0 spiro atoms. The number of rotatable bonds is 2. The average Bonchev–Trinajstić information content (AvgIpc) is 3.34. The van der Waals surface area contributed by atoms with Gasteiger partial charge in [-0.15, -0.1) is 11.3 Å². The maximum atomic E-state index is 6.42. The minimum Gasteiger partial charge on any atom is -0.456 e. The maximum absolute atomic E-state index is 6.42. The van der Waals surface area contributed by atoms with Gasteiger partial charge >= 0.3 is 0 Å². The number of hydrogen-bond acceptors (Lipinski definition) is 3. The van der Waals surface area contributed by atoms with Gasteiger partial charge in [-0.1, -0.05) is 72.3 Å². The van der Waals surface area contributed by atoms with E-state index in [4.69, 9.17) is 21.0 Å². The molecule has 138 valence electrons. The lowest BCUT2D eigenvalue weighted by Gasteiger charge is -2.02. The van der Waals surface area contributed by atoms with Gasteiger partial charge in [-0.25, -0.2) is 4.98 Å². The first-order chi connectivity index (χ1) is 14.3. The molecule has 0 aliphatic heterocycles. The topological polar surface area (TPSA) is 26.0 Å². The molecule has 0 saturated heterocycles. The molecule has 0 radical (unpaired) electrons. The van der Waals surface area contributed by atoms with Crippen molar-refractivity contribution in [1.29, 1.82) is 0 Å². The second kappa shape index (κ2) is 6.45. The number of hydrogen-bond donors (Lipinski definition) is 0. The van der Waals surface area contributed by atoms with E-state index in [1.807, 2.05) is 24.3 Å². The van der Waals surface area contributed by atoms with Crippen LogP contribution in [-0.4, -0.2) is 4.98 Å². The summed E-state index contributed by atoms with van der Waals surface area (Å²) in [6, 6.07) is 28.9. The Morgan fingerprint density at radius 2 is 1.48 bits per heavy atom. The molecule has 0 bridgehead atoms. The highest BCUT2D eigenvalue weighted by atomic mass is 35.5. The Balaban J connectivity index is 1.46. The second-order valence-electron chi connectivity index (χ2n) is 6.99. The summed E-state index contributed by atoms with van der Waals surface area (Å²) in [6.07, 6.45) is 0. The molecular formula is C25H14ClNOS. The highest BCUT2D eigenvalue weighted by Gasteiger charge is 2.14. The van der Waals surface area contributed by atoms with Gasteiger partial charge in [0.25, 0.3) is 0 Å². The normalized spacial score (nSPS) is 11.6. The van der Waals surface area contributed by atoms with Gasteiger partial charge in [0.15, 0.2) is 0 Å². The Labute approximate surface area is 176 Å². The van der Waals surface area contributed by atoms with Crippen LogP contribution in [0.15, 0.2) is 89.3 Å². The van der Waals surface area contributed by atoms with Gasteiger partial charge in [0, 0.05) is 22.4 Å². The van der Waals surface area contributed by atoms with Gasteiger partial charge in [0.05, 0.1) is 15.2 Å².